The van der Waals surface area contributed by atoms with Crippen molar-refractivity contribution in [2.45, 2.75) is 38.9 Å². The van der Waals surface area contributed by atoms with Gasteiger partial charge in [0.1, 0.15) is 11.9 Å². The minimum atomic E-state index is -0.476. The number of carbonyl (C=O) groups is 2. The van der Waals surface area contributed by atoms with Gasteiger partial charge in [0, 0.05) is 12.6 Å². The standard InChI is InChI=1S/C15H20N4O2/c1-10(2)17-13(20)8-12-14(16)18-15(21)19(12)9-11-6-4-3-5-7-11/h3-7,10,12H,8-9H2,1-2H3,(H,17,20)(H2,16,18,21). The highest BCUT2D eigenvalue weighted by Crippen LogP contribution is 2.18. The van der Waals surface area contributed by atoms with Crippen molar-refractivity contribution >= 4 is 17.8 Å². The zero-order valence-electron chi connectivity index (χ0n) is 12.2. The van der Waals surface area contributed by atoms with E-state index in [4.69, 9.17) is 5.73 Å². The first-order chi connectivity index (χ1) is 9.97. The van der Waals surface area contributed by atoms with Crippen molar-refractivity contribution in [2.75, 3.05) is 0 Å². The summed E-state index contributed by atoms with van der Waals surface area (Å²) >= 11 is 0. The topological polar surface area (TPSA) is 87.8 Å². The Morgan fingerprint density at radius 3 is 2.67 bits per heavy atom. The maximum Gasteiger partial charge on any atom is 0.346 e. The van der Waals surface area contributed by atoms with Gasteiger partial charge in [-0.1, -0.05) is 30.3 Å². The van der Waals surface area contributed by atoms with Crippen LogP contribution in [0, 0.1) is 0 Å². The van der Waals surface area contributed by atoms with Gasteiger partial charge in [0.25, 0.3) is 0 Å². The number of nitrogens with zero attached hydrogens (tertiary/aromatic N) is 2. The Bertz CT molecular complexity index is 554. The van der Waals surface area contributed by atoms with Gasteiger partial charge in [0.05, 0.1) is 6.42 Å². The highest BCUT2D eigenvalue weighted by atomic mass is 16.2. The molecule has 0 aromatic heterocycles. The van der Waals surface area contributed by atoms with Gasteiger partial charge in [0.15, 0.2) is 0 Å². The predicted molar refractivity (Wildman–Crippen MR) is 80.7 cm³/mol. The lowest BCUT2D eigenvalue weighted by Crippen LogP contribution is -2.44. The number of rotatable bonds is 5. The first-order valence-electron chi connectivity index (χ1n) is 6.95. The Hall–Kier alpha value is -2.37. The molecule has 0 radical (unpaired) electrons. The number of hydrogen-bond donors (Lipinski definition) is 2. The molecule has 0 bridgehead atoms. The summed E-state index contributed by atoms with van der Waals surface area (Å²) in [6.45, 7) is 4.16. The molecule has 0 spiro atoms. The molecule has 2 rings (SSSR count). The van der Waals surface area contributed by atoms with E-state index < -0.39 is 12.1 Å². The van der Waals surface area contributed by atoms with Crippen molar-refractivity contribution in [2.24, 2.45) is 10.7 Å². The summed E-state index contributed by atoms with van der Waals surface area (Å²) in [5.74, 6) is 0.0655. The number of amidine groups is 1. The van der Waals surface area contributed by atoms with Crippen molar-refractivity contribution in [3.05, 3.63) is 35.9 Å². The van der Waals surface area contributed by atoms with Gasteiger partial charge >= 0.3 is 6.03 Å². The van der Waals surface area contributed by atoms with Crippen molar-refractivity contribution in [1.29, 1.82) is 0 Å². The third-order valence-corrected chi connectivity index (χ3v) is 3.21. The monoisotopic (exact) mass is 288 g/mol. The average molecular weight is 288 g/mol. The van der Waals surface area contributed by atoms with Gasteiger partial charge in [-0.25, -0.2) is 4.79 Å². The van der Waals surface area contributed by atoms with Gasteiger partial charge in [0.2, 0.25) is 5.91 Å². The van der Waals surface area contributed by atoms with Gasteiger partial charge in [-0.2, -0.15) is 4.99 Å². The lowest BCUT2D eigenvalue weighted by molar-refractivity contribution is -0.122. The van der Waals surface area contributed by atoms with E-state index in [1.54, 1.807) is 0 Å². The second-order valence-electron chi connectivity index (χ2n) is 5.37. The predicted octanol–water partition coefficient (Wildman–Crippen LogP) is 1.26. The molecule has 112 valence electrons. The molecule has 0 saturated carbocycles. The molecule has 1 unspecified atom stereocenters. The van der Waals surface area contributed by atoms with Crippen molar-refractivity contribution in [1.82, 2.24) is 10.2 Å². The molecule has 1 atom stereocenters. The minimum Gasteiger partial charge on any atom is -0.385 e. The van der Waals surface area contributed by atoms with E-state index in [1.807, 2.05) is 44.2 Å². The van der Waals surface area contributed by atoms with E-state index in [0.717, 1.165) is 5.56 Å². The quantitative estimate of drug-likeness (QED) is 0.855. The fourth-order valence-corrected chi connectivity index (χ4v) is 2.27. The largest absolute Gasteiger partial charge is 0.385 e. The summed E-state index contributed by atoms with van der Waals surface area (Å²) in [6, 6.07) is 8.75. The van der Waals surface area contributed by atoms with Crippen LogP contribution in [0.1, 0.15) is 25.8 Å². The number of nitrogens with one attached hydrogen (secondary N) is 1. The molecule has 21 heavy (non-hydrogen) atoms. The molecule has 0 saturated heterocycles. The Balaban J connectivity index is 2.08. The van der Waals surface area contributed by atoms with Crippen LogP contribution >= 0.6 is 0 Å². The lowest BCUT2D eigenvalue weighted by Gasteiger charge is -2.24. The highest BCUT2D eigenvalue weighted by molar-refractivity contribution is 6.04. The van der Waals surface area contributed by atoms with Crippen LogP contribution in [0.5, 0.6) is 0 Å². The van der Waals surface area contributed by atoms with Crippen LogP contribution in [0.25, 0.3) is 0 Å². The summed E-state index contributed by atoms with van der Waals surface area (Å²) in [6.07, 6.45) is 0.131. The fraction of sp³-hybridized carbons (Fsp3) is 0.400. The number of nitrogens with two attached hydrogens (primary N) is 1. The molecule has 1 aliphatic heterocycles. The smallest absolute Gasteiger partial charge is 0.346 e. The number of hydrogen-bond acceptors (Lipinski definition) is 3. The van der Waals surface area contributed by atoms with Crippen LogP contribution in [0.15, 0.2) is 35.3 Å². The van der Waals surface area contributed by atoms with Gasteiger partial charge < -0.3 is 16.0 Å². The third-order valence-electron chi connectivity index (χ3n) is 3.21. The van der Waals surface area contributed by atoms with E-state index in [0.29, 0.717) is 6.54 Å². The number of urea groups is 1. The molecule has 1 aliphatic rings. The first-order valence-corrected chi connectivity index (χ1v) is 6.95. The Labute approximate surface area is 124 Å². The maximum absolute atomic E-state index is 11.9. The van der Waals surface area contributed by atoms with Gasteiger partial charge in [-0.3, -0.25) is 4.79 Å². The Kier molecular flexibility index (Phi) is 4.57. The minimum absolute atomic E-state index is 0.0512. The Morgan fingerprint density at radius 2 is 2.05 bits per heavy atom. The fourth-order valence-electron chi connectivity index (χ4n) is 2.27. The van der Waals surface area contributed by atoms with Crippen LogP contribution in [0.3, 0.4) is 0 Å². The van der Waals surface area contributed by atoms with Crippen LogP contribution < -0.4 is 11.1 Å². The summed E-state index contributed by atoms with van der Waals surface area (Å²) in [5, 5.41) is 2.80. The molecule has 1 aromatic rings. The highest BCUT2D eigenvalue weighted by Gasteiger charge is 2.34. The van der Waals surface area contributed by atoms with E-state index >= 15 is 0 Å². The molecule has 6 heteroatoms. The summed E-state index contributed by atoms with van der Waals surface area (Å²) in [5.41, 5.74) is 6.78. The third kappa shape index (κ3) is 3.81. The molecule has 0 fully saturated rings. The molecule has 1 aromatic carbocycles. The number of amides is 3. The zero-order valence-corrected chi connectivity index (χ0v) is 12.2. The van der Waals surface area contributed by atoms with Crippen LogP contribution in [-0.4, -0.2) is 34.8 Å². The van der Waals surface area contributed by atoms with Gasteiger partial charge in [-0.15, -0.1) is 0 Å². The average Bonchev–Trinajstić information content (AvgIpc) is 2.66. The zero-order chi connectivity index (χ0) is 15.4. The van der Waals surface area contributed by atoms with Crippen LogP contribution in [-0.2, 0) is 11.3 Å². The lowest BCUT2D eigenvalue weighted by atomic mass is 10.1. The number of aliphatic imine (C=N–C) groups is 1. The second kappa shape index (κ2) is 6.39. The first kappa shape index (κ1) is 15.0. The normalized spacial score (nSPS) is 18.0. The van der Waals surface area contributed by atoms with E-state index in [1.165, 1.54) is 4.90 Å². The Morgan fingerprint density at radius 1 is 1.38 bits per heavy atom. The summed E-state index contributed by atoms with van der Waals surface area (Å²) in [7, 11) is 0. The van der Waals surface area contributed by atoms with Gasteiger partial charge in [-0.05, 0) is 19.4 Å². The molecule has 3 N–H and O–H groups in total. The molecular formula is C15H20N4O2. The van der Waals surface area contributed by atoms with Crippen molar-refractivity contribution in [3.8, 4) is 0 Å². The van der Waals surface area contributed by atoms with Crippen molar-refractivity contribution < 1.29 is 9.59 Å². The summed E-state index contributed by atoms with van der Waals surface area (Å²) < 4.78 is 0. The van der Waals surface area contributed by atoms with Crippen molar-refractivity contribution in [3.63, 3.8) is 0 Å². The molecule has 6 nitrogen and oxygen atoms in total. The second-order valence-corrected chi connectivity index (χ2v) is 5.37. The molecule has 3 amide bonds. The van der Waals surface area contributed by atoms with Crippen LogP contribution in [0.2, 0.25) is 0 Å². The summed E-state index contributed by atoms with van der Waals surface area (Å²) in [4.78, 5) is 29.1. The molecule has 0 aliphatic carbocycles. The number of carbonyl (C=O) groups excluding carboxylic acids is 2. The van der Waals surface area contributed by atoms with Crippen LogP contribution in [0.4, 0.5) is 4.79 Å². The molecule has 1 heterocycles. The van der Waals surface area contributed by atoms with E-state index in [2.05, 4.69) is 10.3 Å². The van der Waals surface area contributed by atoms with E-state index in [9.17, 15) is 9.59 Å². The maximum atomic E-state index is 11.9. The number of benzene rings is 1. The molecular weight excluding hydrogens is 268 g/mol. The van der Waals surface area contributed by atoms with E-state index in [-0.39, 0.29) is 24.2 Å². The SMILES string of the molecule is CC(C)NC(=O)CC1C(N)=NC(=O)N1Cc1ccccc1.